The normalized spacial score (nSPS) is 12.6. The van der Waals surface area contributed by atoms with Gasteiger partial charge < -0.3 is 20.1 Å². The number of amides is 1. The molecule has 212 valence electrons. The molecule has 3 rings (SSSR count). The van der Waals surface area contributed by atoms with Gasteiger partial charge in [0.2, 0.25) is 0 Å². The first-order valence-electron chi connectivity index (χ1n) is 13.2. The van der Waals surface area contributed by atoms with Crippen molar-refractivity contribution in [2.24, 2.45) is 11.7 Å². The van der Waals surface area contributed by atoms with Gasteiger partial charge in [-0.1, -0.05) is 74.2 Å². The van der Waals surface area contributed by atoms with Gasteiger partial charge in [-0.05, 0) is 73.4 Å². The van der Waals surface area contributed by atoms with E-state index in [4.69, 9.17) is 43.2 Å². The van der Waals surface area contributed by atoms with Gasteiger partial charge in [-0.2, -0.15) is 0 Å². The highest BCUT2D eigenvalue weighted by Gasteiger charge is 2.28. The molecule has 0 aliphatic heterocycles. The smallest absolute Gasteiger partial charge is 0.366 e. The van der Waals surface area contributed by atoms with Gasteiger partial charge in [0, 0.05) is 33.5 Å². The van der Waals surface area contributed by atoms with Crippen molar-refractivity contribution in [3.63, 3.8) is 0 Å². The van der Waals surface area contributed by atoms with Crippen LogP contribution in [0.4, 0.5) is 0 Å². The Morgan fingerprint density at radius 2 is 1.79 bits per heavy atom. The number of phosphoric acid groups is 1. The summed E-state index contributed by atoms with van der Waals surface area (Å²) in [5.41, 5.74) is 11.9. The molecule has 1 aromatic heterocycles. The highest BCUT2D eigenvalue weighted by atomic mass is 35.5. The van der Waals surface area contributed by atoms with E-state index in [9.17, 15) is 9.36 Å². The molecule has 0 saturated heterocycles. The van der Waals surface area contributed by atoms with E-state index in [-0.39, 0.29) is 6.61 Å². The summed E-state index contributed by atoms with van der Waals surface area (Å²) >= 11 is 12.6. The second-order valence-corrected chi connectivity index (χ2v) is 12.1. The lowest BCUT2D eigenvalue weighted by atomic mass is 9.92. The van der Waals surface area contributed by atoms with Crippen molar-refractivity contribution in [3.05, 3.63) is 80.6 Å². The lowest BCUT2D eigenvalue weighted by Gasteiger charge is -2.18. The molecule has 3 aromatic rings. The molecule has 0 aliphatic carbocycles. The molecule has 1 unspecified atom stereocenters. The number of primary amides is 1. The van der Waals surface area contributed by atoms with Gasteiger partial charge in [0.25, 0.3) is 5.91 Å². The topological polar surface area (TPSA) is 115 Å². The van der Waals surface area contributed by atoms with Gasteiger partial charge in [-0.15, -0.1) is 0 Å². The van der Waals surface area contributed by atoms with Crippen LogP contribution in [0.1, 0.15) is 66.0 Å². The van der Waals surface area contributed by atoms with Gasteiger partial charge in [-0.3, -0.25) is 9.32 Å². The number of carbonyl (C=O) groups is 1. The Morgan fingerprint density at radius 3 is 2.38 bits per heavy atom. The lowest BCUT2D eigenvalue weighted by molar-refractivity contribution is 0.0999. The number of hydrogen-bond acceptors (Lipinski definition) is 3. The number of carbonyl (C=O) groups excluding carboxylic acids is 1. The van der Waals surface area contributed by atoms with Crippen LogP contribution in [0.2, 0.25) is 10.0 Å². The van der Waals surface area contributed by atoms with Crippen molar-refractivity contribution < 1.29 is 23.7 Å². The van der Waals surface area contributed by atoms with Gasteiger partial charge in [0.1, 0.15) is 0 Å². The quantitative estimate of drug-likeness (QED) is 0.136. The highest BCUT2D eigenvalue weighted by Crippen LogP contribution is 2.38. The predicted molar refractivity (Wildman–Crippen MR) is 157 cm³/mol. The Labute approximate surface area is 240 Å². The first kappa shape index (κ1) is 31.4. The summed E-state index contributed by atoms with van der Waals surface area (Å²) in [5.74, 6) is -0.193. The molecule has 0 bridgehead atoms. The molecule has 0 aliphatic rings. The first-order chi connectivity index (χ1) is 18.4. The summed E-state index contributed by atoms with van der Waals surface area (Å²) in [5, 5.41) is 1.25. The summed E-state index contributed by atoms with van der Waals surface area (Å²) in [4.78, 5) is 31.4. The fraction of sp³-hybridized carbons (Fsp3) is 0.414. The molecule has 0 fully saturated rings. The molecule has 4 N–H and O–H groups in total. The zero-order valence-corrected chi connectivity index (χ0v) is 25.0. The monoisotopic (exact) mass is 594 g/mol. The molecular formula is C29H37Cl2N2O5P. The Balaban J connectivity index is 2.18. The number of benzene rings is 2. The third kappa shape index (κ3) is 8.68. The van der Waals surface area contributed by atoms with Crippen LogP contribution in [0.3, 0.4) is 0 Å². The standard InChI is InChI=1S/C29H37Cl2N2O5P/c1-4-6-19(2)17-26-27(22-11-7-20(3)24(31)18-22)28(29(32)34)25(14-10-21-8-12-23(30)13-9-21)33(26)15-5-16-38-39(35,36)37/h7-9,11-13,18-19H,4-6,10,14-17H2,1-3H3,(H2,32,34)(H2,35,36,37). The van der Waals surface area contributed by atoms with E-state index in [1.807, 2.05) is 49.4 Å². The van der Waals surface area contributed by atoms with Crippen LogP contribution in [0.5, 0.6) is 0 Å². The number of phosphoric ester groups is 1. The largest absolute Gasteiger partial charge is 0.469 e. The summed E-state index contributed by atoms with van der Waals surface area (Å²) in [6.07, 6.45) is 4.26. The summed E-state index contributed by atoms with van der Waals surface area (Å²) in [6, 6.07) is 13.3. The predicted octanol–water partition coefficient (Wildman–Crippen LogP) is 7.13. The van der Waals surface area contributed by atoms with E-state index in [0.717, 1.165) is 46.5 Å². The van der Waals surface area contributed by atoms with E-state index < -0.39 is 13.7 Å². The minimum absolute atomic E-state index is 0.124. The van der Waals surface area contributed by atoms with Gasteiger partial charge in [0.15, 0.2) is 0 Å². The Morgan fingerprint density at radius 1 is 1.10 bits per heavy atom. The maximum atomic E-state index is 13.1. The average Bonchev–Trinajstić information content (AvgIpc) is 3.15. The van der Waals surface area contributed by atoms with E-state index in [2.05, 4.69) is 18.4 Å². The van der Waals surface area contributed by atoms with E-state index in [1.165, 1.54) is 0 Å². The Kier molecular flexibility index (Phi) is 11.3. The van der Waals surface area contributed by atoms with Crippen molar-refractivity contribution in [3.8, 4) is 11.1 Å². The number of halogens is 2. The van der Waals surface area contributed by atoms with E-state index in [0.29, 0.717) is 53.8 Å². The van der Waals surface area contributed by atoms with Gasteiger partial charge >= 0.3 is 7.82 Å². The Hall–Kier alpha value is -2.12. The van der Waals surface area contributed by atoms with Crippen molar-refractivity contribution in [1.29, 1.82) is 0 Å². The van der Waals surface area contributed by atoms with Crippen LogP contribution in [-0.2, 0) is 34.9 Å². The third-order valence-electron chi connectivity index (χ3n) is 6.86. The van der Waals surface area contributed by atoms with E-state index in [1.54, 1.807) is 0 Å². The maximum Gasteiger partial charge on any atom is 0.469 e. The molecule has 1 atom stereocenters. The summed E-state index contributed by atoms with van der Waals surface area (Å²) in [6.45, 7) is 6.53. The average molecular weight is 596 g/mol. The minimum atomic E-state index is -4.59. The second kappa shape index (κ2) is 14.0. The SMILES string of the molecule is CCCC(C)Cc1c(-c2ccc(C)c(Cl)c2)c(C(N)=O)c(CCc2ccc(Cl)cc2)n1CCCOP(=O)(O)O. The van der Waals surface area contributed by atoms with Gasteiger partial charge in [0.05, 0.1) is 12.2 Å². The number of rotatable bonds is 14. The van der Waals surface area contributed by atoms with Crippen LogP contribution in [0.25, 0.3) is 11.1 Å². The van der Waals surface area contributed by atoms with Crippen molar-refractivity contribution in [2.75, 3.05) is 6.61 Å². The molecule has 1 heterocycles. The molecule has 0 radical (unpaired) electrons. The van der Waals surface area contributed by atoms with Crippen LogP contribution in [0.15, 0.2) is 42.5 Å². The van der Waals surface area contributed by atoms with Crippen molar-refractivity contribution in [1.82, 2.24) is 4.57 Å². The lowest BCUT2D eigenvalue weighted by Crippen LogP contribution is -2.16. The fourth-order valence-corrected chi connectivity index (χ4v) is 5.71. The molecule has 0 spiro atoms. The first-order valence-corrected chi connectivity index (χ1v) is 15.4. The number of nitrogens with two attached hydrogens (primary N) is 1. The summed E-state index contributed by atoms with van der Waals surface area (Å²) in [7, 11) is -4.59. The minimum Gasteiger partial charge on any atom is -0.366 e. The molecule has 10 heteroatoms. The molecule has 39 heavy (non-hydrogen) atoms. The number of aromatic nitrogens is 1. The second-order valence-electron chi connectivity index (χ2n) is 10.0. The molecule has 7 nitrogen and oxygen atoms in total. The van der Waals surface area contributed by atoms with Crippen LogP contribution in [-0.4, -0.2) is 26.9 Å². The van der Waals surface area contributed by atoms with Crippen LogP contribution in [0, 0.1) is 12.8 Å². The number of nitrogens with zero attached hydrogens (tertiary/aromatic N) is 1. The van der Waals surface area contributed by atoms with Crippen LogP contribution < -0.4 is 5.73 Å². The molecule has 0 saturated carbocycles. The zero-order chi connectivity index (χ0) is 28.7. The Bertz CT molecular complexity index is 1330. The molecule has 1 amide bonds. The number of aryl methyl sites for hydroxylation is 2. The third-order valence-corrected chi connectivity index (χ3v) is 8.04. The zero-order valence-electron chi connectivity index (χ0n) is 22.6. The number of hydrogen-bond donors (Lipinski definition) is 3. The van der Waals surface area contributed by atoms with Crippen molar-refractivity contribution >= 4 is 36.9 Å². The summed E-state index contributed by atoms with van der Waals surface area (Å²) < 4.78 is 18.1. The maximum absolute atomic E-state index is 13.1. The van der Waals surface area contributed by atoms with Gasteiger partial charge in [-0.25, -0.2) is 4.57 Å². The molecular weight excluding hydrogens is 558 g/mol. The van der Waals surface area contributed by atoms with Crippen LogP contribution >= 0.6 is 31.0 Å². The highest BCUT2D eigenvalue weighted by molar-refractivity contribution is 7.46. The van der Waals surface area contributed by atoms with Crippen molar-refractivity contribution in [2.45, 2.75) is 65.8 Å². The molecule has 2 aromatic carbocycles. The van der Waals surface area contributed by atoms with E-state index >= 15 is 0 Å². The fourth-order valence-electron chi connectivity index (χ4n) is 5.03.